The lowest BCUT2D eigenvalue weighted by Crippen LogP contribution is -2.44. The fourth-order valence-electron chi connectivity index (χ4n) is 4.55. The summed E-state index contributed by atoms with van der Waals surface area (Å²) in [7, 11) is -3.61. The van der Waals surface area contributed by atoms with Gasteiger partial charge in [-0.3, -0.25) is 9.86 Å². The largest absolute Gasteiger partial charge is 0.386 e. The number of carbonyl (C=O) groups is 1. The van der Waals surface area contributed by atoms with Crippen LogP contribution in [0.3, 0.4) is 0 Å². The zero-order valence-corrected chi connectivity index (χ0v) is 18.8. The van der Waals surface area contributed by atoms with Gasteiger partial charge in [0.25, 0.3) is 0 Å². The number of benzene rings is 1. The van der Waals surface area contributed by atoms with E-state index >= 15 is 0 Å². The molecule has 8 heteroatoms. The van der Waals surface area contributed by atoms with E-state index in [9.17, 15) is 14.1 Å². The van der Waals surface area contributed by atoms with Crippen molar-refractivity contribution in [3.8, 4) is 0 Å². The highest BCUT2D eigenvalue weighted by molar-refractivity contribution is 8.01. The molecule has 0 spiro atoms. The van der Waals surface area contributed by atoms with Crippen LogP contribution in [0.4, 0.5) is 10.5 Å². The van der Waals surface area contributed by atoms with Crippen LogP contribution >= 0.6 is 11.3 Å². The lowest BCUT2D eigenvalue weighted by atomic mass is 9.99. The Hall–Kier alpha value is -1.74. The minimum atomic E-state index is -3.61. The van der Waals surface area contributed by atoms with E-state index in [1.54, 1.807) is 19.9 Å². The van der Waals surface area contributed by atoms with Crippen molar-refractivity contribution in [1.29, 1.82) is 0 Å². The number of aryl methyl sites for hydroxylation is 3. The molecule has 0 saturated carbocycles. The second kappa shape index (κ2) is 7.19. The molecular weight excluding hydrogens is 406 g/mol. The number of nitrogens with one attached hydrogen (secondary N) is 2. The first-order valence-electron chi connectivity index (χ1n) is 10.0. The summed E-state index contributed by atoms with van der Waals surface area (Å²) < 4.78 is 16.0. The van der Waals surface area contributed by atoms with E-state index in [1.807, 2.05) is 6.92 Å². The predicted molar refractivity (Wildman–Crippen MR) is 119 cm³/mol. The van der Waals surface area contributed by atoms with Gasteiger partial charge in [-0.15, -0.1) is 11.3 Å². The van der Waals surface area contributed by atoms with Crippen molar-refractivity contribution in [3.05, 3.63) is 44.8 Å². The smallest absolute Gasteiger partial charge is 0.330 e. The Labute approximate surface area is 176 Å². The van der Waals surface area contributed by atoms with Crippen LogP contribution in [-0.4, -0.2) is 15.3 Å². The number of rotatable bonds is 4. The number of carbonyl (C=O) groups excluding carboxylic acids is 1. The van der Waals surface area contributed by atoms with Gasteiger partial charge in [-0.25, -0.2) is 9.00 Å². The molecule has 1 heterocycles. The Balaban J connectivity index is 1.58. The summed E-state index contributed by atoms with van der Waals surface area (Å²) >= 11 is 1.25. The van der Waals surface area contributed by atoms with Crippen molar-refractivity contribution in [2.45, 2.75) is 69.1 Å². The van der Waals surface area contributed by atoms with Crippen LogP contribution in [0, 0.1) is 6.92 Å². The highest BCUT2D eigenvalue weighted by atomic mass is 32.3. The van der Waals surface area contributed by atoms with Crippen LogP contribution in [-0.2, 0) is 41.6 Å². The summed E-state index contributed by atoms with van der Waals surface area (Å²) in [5.41, 5.74) is 5.56. The molecule has 0 saturated heterocycles. The number of thiol groups is 1. The highest BCUT2D eigenvalue weighted by Crippen LogP contribution is 2.39. The van der Waals surface area contributed by atoms with E-state index in [-0.39, 0.29) is 0 Å². The monoisotopic (exact) mass is 435 g/mol. The maximum atomic E-state index is 13.1. The molecule has 4 rings (SSSR count). The summed E-state index contributed by atoms with van der Waals surface area (Å²) in [6, 6.07) is 3.40. The van der Waals surface area contributed by atoms with Crippen LogP contribution in [0.15, 0.2) is 16.3 Å². The zero-order valence-electron chi connectivity index (χ0n) is 17.1. The summed E-state index contributed by atoms with van der Waals surface area (Å²) in [5, 5.41) is 19.3. The van der Waals surface area contributed by atoms with Gasteiger partial charge in [0.2, 0.25) is 0 Å². The molecule has 1 aromatic heterocycles. The van der Waals surface area contributed by atoms with Gasteiger partial charge >= 0.3 is 6.03 Å². The first kappa shape index (κ1) is 20.5. The molecular formula is C21H29N3O3S2. The van der Waals surface area contributed by atoms with Gasteiger partial charge in [-0.2, -0.15) is 0 Å². The second-order valence-electron chi connectivity index (χ2n) is 8.57. The topological polar surface area (TPSA) is 104 Å². The molecule has 1 aromatic carbocycles. The second-order valence-corrected chi connectivity index (χ2v) is 12.2. The molecule has 0 bridgehead atoms. The summed E-state index contributed by atoms with van der Waals surface area (Å²) in [4.78, 5) is 13.6. The Bertz CT molecular complexity index is 1000. The van der Waals surface area contributed by atoms with Crippen molar-refractivity contribution < 1.29 is 14.1 Å². The van der Waals surface area contributed by atoms with Crippen molar-refractivity contribution >= 4 is 33.4 Å². The van der Waals surface area contributed by atoms with E-state index in [0.29, 0.717) is 9.77 Å². The molecule has 29 heavy (non-hydrogen) atoms. The number of amides is 2. The Kier molecular flexibility index (Phi) is 5.09. The number of urea groups is 1. The van der Waals surface area contributed by atoms with E-state index in [1.165, 1.54) is 33.6 Å². The lowest BCUT2D eigenvalue weighted by Gasteiger charge is -2.22. The van der Waals surface area contributed by atoms with Crippen LogP contribution < -0.4 is 15.2 Å². The third-order valence-electron chi connectivity index (χ3n) is 5.87. The number of nitrogens with two attached hydrogens (primary N) is 1. The van der Waals surface area contributed by atoms with Crippen LogP contribution in [0.1, 0.15) is 59.4 Å². The molecule has 2 amide bonds. The van der Waals surface area contributed by atoms with E-state index in [4.69, 9.17) is 5.14 Å². The summed E-state index contributed by atoms with van der Waals surface area (Å²) in [5.74, 6) is 0. The maximum Gasteiger partial charge on any atom is 0.330 e. The minimum Gasteiger partial charge on any atom is -0.386 e. The predicted octanol–water partition coefficient (Wildman–Crippen LogP) is 3.25. The van der Waals surface area contributed by atoms with E-state index < -0.39 is 21.9 Å². The number of anilines is 1. The summed E-state index contributed by atoms with van der Waals surface area (Å²) in [6.07, 6.45) is 6.19. The van der Waals surface area contributed by atoms with Gasteiger partial charge in [-0.05, 0) is 93.2 Å². The number of thiophene rings is 1. The maximum absolute atomic E-state index is 13.1. The molecule has 0 fully saturated rings. The zero-order chi connectivity index (χ0) is 21.0. The molecule has 0 aliphatic heterocycles. The number of hydrogen-bond acceptors (Lipinski definition) is 4. The number of fused-ring (bicyclic) bond motifs is 2. The quantitative estimate of drug-likeness (QED) is 0.476. The molecule has 0 radical (unpaired) electrons. The van der Waals surface area contributed by atoms with Gasteiger partial charge < -0.3 is 10.4 Å². The van der Waals surface area contributed by atoms with Crippen LogP contribution in [0.25, 0.3) is 0 Å². The van der Waals surface area contributed by atoms with Crippen LogP contribution in [0.5, 0.6) is 0 Å². The Morgan fingerprint density at radius 2 is 1.72 bits per heavy atom. The van der Waals surface area contributed by atoms with Crippen LogP contribution in [0.2, 0.25) is 0 Å². The SMILES string of the molecule is Cc1sc([SH](N)(=O)NC(=O)Nc2c3c(cc4c2CCC4)CCC3)cc1C(C)(C)O. The van der Waals surface area contributed by atoms with E-state index in [0.717, 1.165) is 49.1 Å². The molecule has 6 nitrogen and oxygen atoms in total. The van der Waals surface area contributed by atoms with Crippen molar-refractivity contribution in [1.82, 2.24) is 4.72 Å². The standard InChI is InChI=1S/C21H29N3O3S2/c1-12-17(21(2,3)26)11-18(28-12)29(22,27)24-20(25)23-19-15-8-4-6-13(15)10-14-7-5-9-16(14)19/h10-11,26,29H,4-9H2,1-3H3,(H4,22,23,24,25,27). The lowest BCUT2D eigenvalue weighted by molar-refractivity contribution is 0.0783. The number of aliphatic hydroxyl groups is 1. The molecule has 5 N–H and O–H groups in total. The van der Waals surface area contributed by atoms with Gasteiger partial charge in [0, 0.05) is 20.9 Å². The molecule has 0 atom stereocenters. The van der Waals surface area contributed by atoms with Gasteiger partial charge in [0.1, 0.15) is 0 Å². The Morgan fingerprint density at radius 1 is 1.14 bits per heavy atom. The third kappa shape index (κ3) is 3.86. The average Bonchev–Trinajstić information content (AvgIpc) is 3.31. The van der Waals surface area contributed by atoms with Crippen molar-refractivity contribution in [2.75, 3.05) is 5.32 Å². The highest BCUT2D eigenvalue weighted by Gasteiger charge is 2.28. The Morgan fingerprint density at radius 3 is 2.24 bits per heavy atom. The first-order chi connectivity index (χ1) is 13.6. The normalized spacial score (nSPS) is 16.4. The first-order valence-corrected chi connectivity index (χ1v) is 12.6. The van der Waals surface area contributed by atoms with E-state index in [2.05, 4.69) is 16.1 Å². The summed E-state index contributed by atoms with van der Waals surface area (Å²) in [6.45, 7) is 5.19. The van der Waals surface area contributed by atoms with Gasteiger partial charge in [0.15, 0.2) is 0 Å². The molecule has 2 aliphatic rings. The molecule has 2 aliphatic carbocycles. The minimum absolute atomic E-state index is 0.380. The molecule has 0 unspecified atom stereocenters. The molecule has 158 valence electrons. The fourth-order valence-corrected chi connectivity index (χ4v) is 7.34. The van der Waals surface area contributed by atoms with Crippen molar-refractivity contribution in [3.63, 3.8) is 0 Å². The number of hydrogen-bond donors (Lipinski definition) is 5. The average molecular weight is 436 g/mol. The van der Waals surface area contributed by atoms with Gasteiger partial charge in [0.05, 0.1) is 9.81 Å². The fraction of sp³-hybridized carbons (Fsp3) is 0.476. The third-order valence-corrected chi connectivity index (χ3v) is 9.13. The molecule has 2 aromatic rings. The van der Waals surface area contributed by atoms with Gasteiger partial charge in [-0.1, -0.05) is 6.07 Å². The van der Waals surface area contributed by atoms with Crippen molar-refractivity contribution in [2.24, 2.45) is 5.14 Å².